The predicted octanol–water partition coefficient (Wildman–Crippen LogP) is -0.265. The van der Waals surface area contributed by atoms with Gasteiger partial charge in [0.2, 0.25) is 0 Å². The summed E-state index contributed by atoms with van der Waals surface area (Å²) in [6.45, 7) is 1.52. The zero-order valence-corrected chi connectivity index (χ0v) is 14.7. The normalized spacial score (nSPS) is 26.2. The molecule has 1 aliphatic heterocycles. The Kier molecular flexibility index (Phi) is 6.19. The summed E-state index contributed by atoms with van der Waals surface area (Å²) in [4.78, 5) is 25.5. The van der Waals surface area contributed by atoms with Crippen LogP contribution in [0.15, 0.2) is 52.2 Å². The third-order valence-electron chi connectivity index (χ3n) is 4.29. The first-order chi connectivity index (χ1) is 13.0. The summed E-state index contributed by atoms with van der Waals surface area (Å²) >= 11 is 0. The molecular formula is C18H22N2O7. The first-order valence-electron chi connectivity index (χ1n) is 8.56. The highest BCUT2D eigenvalue weighted by Gasteiger charge is 2.46. The van der Waals surface area contributed by atoms with Gasteiger partial charge in [-0.25, -0.2) is 4.79 Å². The van der Waals surface area contributed by atoms with Crippen molar-refractivity contribution >= 4 is 0 Å². The average Bonchev–Trinajstić information content (AvgIpc) is 2.96. The number of aliphatic hydroxyl groups is 2. The van der Waals surface area contributed by atoms with Crippen LogP contribution in [0.5, 0.6) is 0 Å². The van der Waals surface area contributed by atoms with Crippen molar-refractivity contribution in [2.24, 2.45) is 0 Å². The minimum atomic E-state index is -1.18. The highest BCUT2D eigenvalue weighted by molar-refractivity contribution is 5.13. The van der Waals surface area contributed by atoms with Gasteiger partial charge in [0.05, 0.1) is 13.2 Å². The molecule has 5 atom stereocenters. The molecule has 0 bridgehead atoms. The maximum absolute atomic E-state index is 12.1. The minimum Gasteiger partial charge on any atom is -0.394 e. The van der Waals surface area contributed by atoms with Gasteiger partial charge in [-0.3, -0.25) is 14.3 Å². The summed E-state index contributed by atoms with van der Waals surface area (Å²) in [5.74, 6) is 0. The molecule has 3 N–H and O–H groups in total. The number of rotatable bonds is 7. The van der Waals surface area contributed by atoms with Gasteiger partial charge in [-0.2, -0.15) is 0 Å². The van der Waals surface area contributed by atoms with Gasteiger partial charge in [0.25, 0.3) is 5.56 Å². The molecule has 27 heavy (non-hydrogen) atoms. The molecule has 0 spiro atoms. The van der Waals surface area contributed by atoms with Gasteiger partial charge < -0.3 is 24.4 Å². The molecule has 2 heterocycles. The van der Waals surface area contributed by atoms with E-state index in [1.54, 1.807) is 6.92 Å². The fourth-order valence-corrected chi connectivity index (χ4v) is 2.92. The van der Waals surface area contributed by atoms with Gasteiger partial charge in [-0.1, -0.05) is 30.3 Å². The second kappa shape index (κ2) is 8.59. The SMILES string of the molecule is CC(OCc1ccccc1)OC1C(O)[C@H](CO)O[C@@H]1n1ccc(=O)[nH]c1=O. The summed E-state index contributed by atoms with van der Waals surface area (Å²) in [5.41, 5.74) is -0.298. The molecule has 1 saturated heterocycles. The number of aromatic amines is 1. The van der Waals surface area contributed by atoms with Crippen molar-refractivity contribution in [2.45, 2.75) is 44.4 Å². The van der Waals surface area contributed by atoms with Crippen LogP contribution < -0.4 is 11.2 Å². The highest BCUT2D eigenvalue weighted by atomic mass is 16.7. The molecule has 1 aromatic heterocycles. The van der Waals surface area contributed by atoms with Gasteiger partial charge in [0, 0.05) is 12.3 Å². The largest absolute Gasteiger partial charge is 0.394 e. The van der Waals surface area contributed by atoms with Gasteiger partial charge in [0.15, 0.2) is 12.5 Å². The van der Waals surface area contributed by atoms with Crippen LogP contribution in [-0.2, 0) is 20.8 Å². The standard InChI is InChI=1S/C18H22N2O7/c1-11(25-10-12-5-3-2-4-6-12)26-16-15(23)13(9-21)27-17(16)20-8-7-14(22)19-18(20)24/h2-8,11,13,15-17,21,23H,9-10H2,1H3,(H,19,22,24)/t11?,13-,15?,16?,17-/m0/s1. The quantitative estimate of drug-likeness (QED) is 0.567. The Bertz CT molecular complexity index is 851. The van der Waals surface area contributed by atoms with Crippen LogP contribution in [0.4, 0.5) is 0 Å². The number of hydrogen-bond acceptors (Lipinski definition) is 7. The van der Waals surface area contributed by atoms with Crippen molar-refractivity contribution < 1.29 is 24.4 Å². The molecule has 0 aliphatic carbocycles. The van der Waals surface area contributed by atoms with E-state index in [0.717, 1.165) is 16.2 Å². The molecule has 1 fully saturated rings. The van der Waals surface area contributed by atoms with Crippen LogP contribution in [0.3, 0.4) is 0 Å². The maximum Gasteiger partial charge on any atom is 0.330 e. The molecule has 9 heteroatoms. The van der Waals surface area contributed by atoms with Crippen molar-refractivity contribution in [3.63, 3.8) is 0 Å². The van der Waals surface area contributed by atoms with E-state index >= 15 is 0 Å². The second-order valence-corrected chi connectivity index (χ2v) is 6.22. The van der Waals surface area contributed by atoms with Crippen LogP contribution in [0.2, 0.25) is 0 Å². The molecule has 1 aromatic carbocycles. The van der Waals surface area contributed by atoms with E-state index in [0.29, 0.717) is 6.61 Å². The predicted molar refractivity (Wildman–Crippen MR) is 93.9 cm³/mol. The number of H-pyrrole nitrogens is 1. The first-order valence-corrected chi connectivity index (χ1v) is 8.56. The number of nitrogens with one attached hydrogen (secondary N) is 1. The first kappa shape index (κ1) is 19.5. The Labute approximate surface area is 154 Å². The van der Waals surface area contributed by atoms with Crippen molar-refractivity contribution in [1.29, 1.82) is 0 Å². The molecule has 3 rings (SSSR count). The number of aliphatic hydroxyl groups excluding tert-OH is 2. The fourth-order valence-electron chi connectivity index (χ4n) is 2.92. The molecular weight excluding hydrogens is 356 g/mol. The maximum atomic E-state index is 12.1. The van der Waals surface area contributed by atoms with E-state index in [-0.39, 0.29) is 0 Å². The number of hydrogen-bond donors (Lipinski definition) is 3. The van der Waals surface area contributed by atoms with E-state index in [1.165, 1.54) is 6.20 Å². The molecule has 0 amide bonds. The minimum absolute atomic E-state index is 0.304. The van der Waals surface area contributed by atoms with Crippen LogP contribution in [0.25, 0.3) is 0 Å². The third-order valence-corrected chi connectivity index (χ3v) is 4.29. The fraction of sp³-hybridized carbons (Fsp3) is 0.444. The Morgan fingerprint density at radius 2 is 2.00 bits per heavy atom. The number of benzene rings is 1. The van der Waals surface area contributed by atoms with Gasteiger partial charge >= 0.3 is 5.69 Å². The van der Waals surface area contributed by atoms with Crippen molar-refractivity contribution in [2.75, 3.05) is 6.61 Å². The molecule has 9 nitrogen and oxygen atoms in total. The lowest BCUT2D eigenvalue weighted by molar-refractivity contribution is -0.198. The number of aromatic nitrogens is 2. The summed E-state index contributed by atoms with van der Waals surface area (Å²) < 4.78 is 18.1. The summed E-state index contributed by atoms with van der Waals surface area (Å²) in [6.07, 6.45) is -3.57. The number of ether oxygens (including phenoxy) is 3. The van der Waals surface area contributed by atoms with Crippen LogP contribution in [-0.4, -0.2) is 51.0 Å². The lowest BCUT2D eigenvalue weighted by atomic mass is 10.1. The number of nitrogens with zero attached hydrogens (tertiary/aromatic N) is 1. The smallest absolute Gasteiger partial charge is 0.330 e. The summed E-state index contributed by atoms with van der Waals surface area (Å²) in [6, 6.07) is 10.7. The Morgan fingerprint density at radius 3 is 2.67 bits per heavy atom. The molecule has 146 valence electrons. The highest BCUT2D eigenvalue weighted by Crippen LogP contribution is 2.31. The van der Waals surface area contributed by atoms with E-state index in [9.17, 15) is 19.8 Å². The average molecular weight is 378 g/mol. The van der Waals surface area contributed by atoms with Crippen LogP contribution in [0, 0.1) is 0 Å². The van der Waals surface area contributed by atoms with Gasteiger partial charge in [0.1, 0.15) is 18.3 Å². The van der Waals surface area contributed by atoms with E-state index < -0.39 is 48.7 Å². The monoisotopic (exact) mass is 378 g/mol. The second-order valence-electron chi connectivity index (χ2n) is 6.22. The molecule has 0 radical (unpaired) electrons. The third kappa shape index (κ3) is 4.52. The topological polar surface area (TPSA) is 123 Å². The molecule has 3 unspecified atom stereocenters. The van der Waals surface area contributed by atoms with Crippen LogP contribution in [0.1, 0.15) is 18.7 Å². The Hall–Kier alpha value is -2.30. The Balaban J connectivity index is 1.73. The van der Waals surface area contributed by atoms with Crippen LogP contribution >= 0.6 is 0 Å². The molecule has 0 saturated carbocycles. The lowest BCUT2D eigenvalue weighted by Crippen LogP contribution is -2.41. The zero-order valence-electron chi connectivity index (χ0n) is 14.7. The van der Waals surface area contributed by atoms with Gasteiger partial charge in [-0.15, -0.1) is 0 Å². The molecule has 1 aliphatic rings. The van der Waals surface area contributed by atoms with Crippen molar-refractivity contribution in [1.82, 2.24) is 9.55 Å². The van der Waals surface area contributed by atoms with E-state index in [4.69, 9.17) is 14.2 Å². The summed E-state index contributed by atoms with van der Waals surface area (Å²) in [5, 5.41) is 19.8. The van der Waals surface area contributed by atoms with E-state index in [1.807, 2.05) is 30.3 Å². The lowest BCUT2D eigenvalue weighted by Gasteiger charge is -2.25. The van der Waals surface area contributed by atoms with E-state index in [2.05, 4.69) is 4.98 Å². The summed E-state index contributed by atoms with van der Waals surface area (Å²) in [7, 11) is 0. The van der Waals surface area contributed by atoms with Crippen molar-refractivity contribution in [3.8, 4) is 0 Å². The van der Waals surface area contributed by atoms with Crippen molar-refractivity contribution in [3.05, 3.63) is 69.0 Å². The zero-order chi connectivity index (χ0) is 19.4. The molecule has 2 aromatic rings. The van der Waals surface area contributed by atoms with Gasteiger partial charge in [-0.05, 0) is 12.5 Å². The Morgan fingerprint density at radius 1 is 1.26 bits per heavy atom.